The molecule has 5 heterocycles. The predicted octanol–water partition coefficient (Wildman–Crippen LogP) is 2.83. The minimum atomic E-state index is -3.53. The fourth-order valence-electron chi connectivity index (χ4n) is 4.78. The number of sulfonamides is 1. The number of imidazole rings is 1. The van der Waals surface area contributed by atoms with Crippen LogP contribution in [-0.2, 0) is 38.9 Å². The van der Waals surface area contributed by atoms with Gasteiger partial charge in [0.05, 0.1) is 24.3 Å². The maximum Gasteiger partial charge on any atom is 0.357 e. The molecule has 39 heavy (non-hydrogen) atoms. The molecule has 1 N–H and O–H groups in total. The topological polar surface area (TPSA) is 146 Å². The van der Waals surface area contributed by atoms with Gasteiger partial charge in [0, 0.05) is 31.3 Å². The molecule has 12 nitrogen and oxygen atoms in total. The molecule has 0 saturated carbocycles. The van der Waals surface area contributed by atoms with Crippen LogP contribution in [0.4, 0.5) is 5.82 Å². The number of nitrogens with zero attached hydrogens (tertiary/aromatic N) is 5. The number of carbonyl (C=O) groups excluding carboxylic acids is 2. The van der Waals surface area contributed by atoms with Gasteiger partial charge in [-0.05, 0) is 31.9 Å². The second-order valence-electron chi connectivity index (χ2n) is 9.15. The molecule has 1 unspecified atom stereocenters. The van der Waals surface area contributed by atoms with E-state index < -0.39 is 22.0 Å². The lowest BCUT2D eigenvalue weighted by atomic mass is 10.0. The normalized spacial score (nSPS) is 16.8. The Hall–Kier alpha value is -3.23. The van der Waals surface area contributed by atoms with Gasteiger partial charge in [-0.15, -0.1) is 11.3 Å². The summed E-state index contributed by atoms with van der Waals surface area (Å²) in [6.45, 7) is 2.84. The smallest absolute Gasteiger partial charge is 0.357 e. The van der Waals surface area contributed by atoms with Crippen molar-refractivity contribution in [3.63, 3.8) is 0 Å². The molecule has 1 atom stereocenters. The van der Waals surface area contributed by atoms with Gasteiger partial charge in [0.2, 0.25) is 10.0 Å². The van der Waals surface area contributed by atoms with Gasteiger partial charge in [-0.25, -0.2) is 28.2 Å². The maximum atomic E-state index is 13.6. The van der Waals surface area contributed by atoms with Crippen molar-refractivity contribution in [2.24, 2.45) is 0 Å². The average Bonchev–Trinajstić information content (AvgIpc) is 3.52. The standard InChI is InChI=1S/C24H27ClN6O6S2/c1-3-36-24(33)15-13-38-23(27-15)21-20-14(26-18-6-4-5-10-30(18)20)9-11-31(21)19(32)12-37-16-7-8-17(28-22(16)25)29-39(2,34)35/h7-8,13,21H,3-6,9-12H2,1-2H3,(H,28,29). The van der Waals surface area contributed by atoms with E-state index in [-0.39, 0.29) is 41.5 Å². The molecule has 3 aromatic rings. The van der Waals surface area contributed by atoms with Crippen molar-refractivity contribution < 1.29 is 27.5 Å². The lowest BCUT2D eigenvalue weighted by Gasteiger charge is -2.35. The van der Waals surface area contributed by atoms with Crippen LogP contribution in [0.25, 0.3) is 0 Å². The van der Waals surface area contributed by atoms with Gasteiger partial charge >= 0.3 is 5.97 Å². The number of fused-ring (bicyclic) bond motifs is 3. The molecule has 15 heteroatoms. The van der Waals surface area contributed by atoms with Crippen LogP contribution in [0.2, 0.25) is 5.15 Å². The molecule has 2 aliphatic heterocycles. The van der Waals surface area contributed by atoms with E-state index in [1.807, 2.05) is 0 Å². The third kappa shape index (κ3) is 5.87. The largest absolute Gasteiger partial charge is 0.481 e. The van der Waals surface area contributed by atoms with Crippen molar-refractivity contribution in [2.45, 2.75) is 45.2 Å². The Morgan fingerprint density at radius 3 is 2.74 bits per heavy atom. The van der Waals surface area contributed by atoms with Gasteiger partial charge in [0.15, 0.2) is 23.2 Å². The maximum absolute atomic E-state index is 13.6. The predicted molar refractivity (Wildman–Crippen MR) is 144 cm³/mol. The number of carbonyl (C=O) groups is 2. The summed E-state index contributed by atoms with van der Waals surface area (Å²) in [5.74, 6) is 0.364. The summed E-state index contributed by atoms with van der Waals surface area (Å²) in [6.07, 6.45) is 4.54. The molecule has 0 radical (unpaired) electrons. The summed E-state index contributed by atoms with van der Waals surface area (Å²) < 4.78 is 38.1. The second-order valence-corrected chi connectivity index (χ2v) is 12.1. The number of hydrogen-bond acceptors (Lipinski definition) is 10. The molecular formula is C24H27ClN6O6S2. The third-order valence-corrected chi connectivity index (χ3v) is 8.12. The van der Waals surface area contributed by atoms with Gasteiger partial charge < -0.3 is 18.9 Å². The zero-order chi connectivity index (χ0) is 27.7. The Morgan fingerprint density at radius 2 is 2.00 bits per heavy atom. The van der Waals surface area contributed by atoms with Crippen LogP contribution in [0.15, 0.2) is 17.5 Å². The van der Waals surface area contributed by atoms with Gasteiger partial charge in [-0.1, -0.05) is 11.6 Å². The van der Waals surface area contributed by atoms with Crippen LogP contribution in [0.3, 0.4) is 0 Å². The Balaban J connectivity index is 1.41. The molecule has 0 aliphatic carbocycles. The summed E-state index contributed by atoms with van der Waals surface area (Å²) in [5, 5.41) is 2.15. The van der Waals surface area contributed by atoms with Gasteiger partial charge in [-0.3, -0.25) is 9.52 Å². The van der Waals surface area contributed by atoms with Crippen molar-refractivity contribution >= 4 is 50.7 Å². The molecule has 0 saturated heterocycles. The first-order valence-electron chi connectivity index (χ1n) is 12.4. The number of hydrogen-bond donors (Lipinski definition) is 1. The van der Waals surface area contributed by atoms with Gasteiger partial charge in [0.1, 0.15) is 22.7 Å². The molecule has 3 aromatic heterocycles. The quantitative estimate of drug-likeness (QED) is 0.307. The number of amides is 1. The average molecular weight is 595 g/mol. The number of aryl methyl sites for hydroxylation is 1. The van der Waals surface area contributed by atoms with Crippen molar-refractivity contribution in [3.8, 4) is 5.75 Å². The van der Waals surface area contributed by atoms with Crippen LogP contribution >= 0.6 is 22.9 Å². The first kappa shape index (κ1) is 27.3. The van der Waals surface area contributed by atoms with Crippen LogP contribution in [0.5, 0.6) is 5.75 Å². The molecule has 0 fully saturated rings. The van der Waals surface area contributed by atoms with E-state index in [1.165, 1.54) is 23.5 Å². The number of ether oxygens (including phenoxy) is 2. The minimum absolute atomic E-state index is 0.0384. The number of thiazole rings is 1. The number of esters is 1. The van der Waals surface area contributed by atoms with E-state index in [1.54, 1.807) is 17.2 Å². The molecule has 0 spiro atoms. The van der Waals surface area contributed by atoms with E-state index in [9.17, 15) is 18.0 Å². The Labute approximate surface area is 234 Å². The molecule has 2 aliphatic rings. The summed E-state index contributed by atoms with van der Waals surface area (Å²) in [5.41, 5.74) is 2.06. The lowest BCUT2D eigenvalue weighted by molar-refractivity contribution is -0.135. The zero-order valence-corrected chi connectivity index (χ0v) is 23.7. The highest BCUT2D eigenvalue weighted by atomic mass is 35.5. The van der Waals surface area contributed by atoms with Crippen LogP contribution in [-0.4, -0.2) is 70.7 Å². The van der Waals surface area contributed by atoms with Crippen molar-refractivity contribution in [1.82, 2.24) is 24.4 Å². The Bertz CT molecular complexity index is 1520. The number of rotatable bonds is 8. The highest BCUT2D eigenvalue weighted by Crippen LogP contribution is 2.39. The fraction of sp³-hybridized carbons (Fsp3) is 0.458. The van der Waals surface area contributed by atoms with E-state index in [0.717, 1.165) is 49.3 Å². The highest BCUT2D eigenvalue weighted by Gasteiger charge is 2.39. The van der Waals surface area contributed by atoms with Crippen LogP contribution in [0.1, 0.15) is 58.5 Å². The third-order valence-electron chi connectivity index (χ3n) is 6.37. The van der Waals surface area contributed by atoms with Crippen LogP contribution in [0, 0.1) is 0 Å². The Kier molecular flexibility index (Phi) is 7.78. The van der Waals surface area contributed by atoms with E-state index >= 15 is 0 Å². The van der Waals surface area contributed by atoms with E-state index in [4.69, 9.17) is 26.1 Å². The molecule has 5 rings (SSSR count). The number of nitrogens with one attached hydrogen (secondary N) is 1. The van der Waals surface area contributed by atoms with Crippen molar-refractivity contribution in [2.75, 3.05) is 30.7 Å². The molecule has 0 aromatic carbocycles. The monoisotopic (exact) mass is 594 g/mol. The Morgan fingerprint density at radius 1 is 1.18 bits per heavy atom. The molecule has 208 valence electrons. The first-order valence-corrected chi connectivity index (χ1v) is 15.6. The SMILES string of the molecule is CCOC(=O)c1csc(C2c3c(nc4n3CCCC4)CCN2C(=O)COc2ccc(NS(C)(=O)=O)nc2Cl)n1. The van der Waals surface area contributed by atoms with E-state index in [0.29, 0.717) is 18.0 Å². The van der Waals surface area contributed by atoms with Gasteiger partial charge in [-0.2, -0.15) is 0 Å². The van der Waals surface area contributed by atoms with E-state index in [2.05, 4.69) is 19.3 Å². The molecule has 1 amide bonds. The van der Waals surface area contributed by atoms with Crippen LogP contribution < -0.4 is 9.46 Å². The second kappa shape index (κ2) is 11.1. The van der Waals surface area contributed by atoms with Crippen molar-refractivity contribution in [1.29, 1.82) is 0 Å². The summed E-state index contributed by atoms with van der Waals surface area (Å²) >= 11 is 7.48. The first-order chi connectivity index (χ1) is 18.6. The highest BCUT2D eigenvalue weighted by molar-refractivity contribution is 7.92. The fourth-order valence-corrected chi connectivity index (χ4v) is 6.39. The number of anilines is 1. The zero-order valence-electron chi connectivity index (χ0n) is 21.3. The number of pyridine rings is 1. The summed E-state index contributed by atoms with van der Waals surface area (Å²) in [4.78, 5) is 41.0. The molecule has 0 bridgehead atoms. The number of aromatic nitrogens is 4. The van der Waals surface area contributed by atoms with Gasteiger partial charge in [0.25, 0.3) is 5.91 Å². The number of halogens is 1. The molecular weight excluding hydrogens is 568 g/mol. The summed E-state index contributed by atoms with van der Waals surface area (Å²) in [6, 6.07) is 2.31. The summed E-state index contributed by atoms with van der Waals surface area (Å²) in [7, 11) is -3.53. The minimum Gasteiger partial charge on any atom is -0.481 e. The van der Waals surface area contributed by atoms with Crippen molar-refractivity contribution in [3.05, 3.63) is 50.6 Å². The lowest BCUT2D eigenvalue weighted by Crippen LogP contribution is -2.43.